The Morgan fingerprint density at radius 1 is 1.05 bits per heavy atom. The molecular weight excluding hydrogens is 559 g/mol. The Kier molecular flexibility index (Phi) is 7.16. The molecule has 12 heteroatoms. The molecule has 0 bridgehead atoms. The maximum atomic E-state index is 12.9. The number of oxazole rings is 1. The van der Waals surface area contributed by atoms with Crippen LogP contribution in [-0.2, 0) is 17.9 Å². The number of rotatable bonds is 7. The highest BCUT2D eigenvalue weighted by Gasteiger charge is 2.24. The summed E-state index contributed by atoms with van der Waals surface area (Å²) >= 11 is 14.0. The summed E-state index contributed by atoms with van der Waals surface area (Å²) in [5.74, 6) is 0.919. The summed E-state index contributed by atoms with van der Waals surface area (Å²) in [5, 5.41) is 6.59. The normalized spacial score (nSPS) is 13.9. The van der Waals surface area contributed by atoms with Gasteiger partial charge < -0.3 is 19.5 Å². The van der Waals surface area contributed by atoms with Crippen molar-refractivity contribution in [2.24, 2.45) is 0 Å². The number of thiophene rings is 1. The fourth-order valence-corrected chi connectivity index (χ4v) is 5.98. The summed E-state index contributed by atoms with van der Waals surface area (Å²) in [4.78, 5) is 38.7. The van der Waals surface area contributed by atoms with E-state index in [-0.39, 0.29) is 18.9 Å². The minimum absolute atomic E-state index is 0.00300. The highest BCUT2D eigenvalue weighted by Crippen LogP contribution is 2.30. The van der Waals surface area contributed by atoms with Crippen molar-refractivity contribution in [1.82, 2.24) is 19.4 Å². The van der Waals surface area contributed by atoms with Crippen molar-refractivity contribution in [2.75, 3.05) is 36.4 Å². The van der Waals surface area contributed by atoms with Crippen LogP contribution in [0.2, 0.25) is 10.0 Å². The Bertz CT molecular complexity index is 1720. The summed E-state index contributed by atoms with van der Waals surface area (Å²) < 4.78 is 7.76. The van der Waals surface area contributed by atoms with Crippen LogP contribution in [0.4, 0.5) is 11.8 Å². The van der Waals surface area contributed by atoms with Gasteiger partial charge in [0, 0.05) is 55.7 Å². The Morgan fingerprint density at radius 2 is 1.87 bits per heavy atom. The molecule has 0 aliphatic carbocycles. The second-order valence-corrected chi connectivity index (χ2v) is 11.0. The van der Waals surface area contributed by atoms with Gasteiger partial charge >= 0.3 is 5.76 Å². The van der Waals surface area contributed by atoms with Crippen LogP contribution >= 0.6 is 34.5 Å². The fraction of sp³-hybridized carbons (Fsp3) is 0.259. The number of halogens is 2. The minimum Gasteiger partial charge on any atom is -0.408 e. The Hall–Kier alpha value is -3.60. The lowest BCUT2D eigenvalue weighted by Crippen LogP contribution is -2.49. The molecule has 1 fully saturated rings. The molecule has 9 nitrogen and oxygen atoms in total. The molecule has 3 aromatic heterocycles. The van der Waals surface area contributed by atoms with Crippen LogP contribution in [0.5, 0.6) is 0 Å². The van der Waals surface area contributed by atoms with Crippen LogP contribution in [0.25, 0.3) is 21.3 Å². The quantitative estimate of drug-likeness (QED) is 0.279. The Morgan fingerprint density at radius 3 is 2.69 bits per heavy atom. The number of hydrogen-bond acceptors (Lipinski definition) is 8. The second-order valence-electron chi connectivity index (χ2n) is 9.20. The van der Waals surface area contributed by atoms with Crippen molar-refractivity contribution in [3.8, 4) is 0 Å². The number of aromatic nitrogens is 3. The van der Waals surface area contributed by atoms with Crippen LogP contribution < -0.4 is 16.0 Å². The first-order chi connectivity index (χ1) is 19.0. The Balaban J connectivity index is 1.10. The molecule has 0 atom stereocenters. The van der Waals surface area contributed by atoms with Gasteiger partial charge in [0.15, 0.2) is 5.58 Å². The third-order valence-electron chi connectivity index (χ3n) is 6.79. The molecule has 2 aromatic carbocycles. The van der Waals surface area contributed by atoms with Crippen LogP contribution in [0, 0.1) is 0 Å². The van der Waals surface area contributed by atoms with Crippen LogP contribution in [-0.4, -0.2) is 51.5 Å². The van der Waals surface area contributed by atoms with E-state index in [0.717, 1.165) is 21.6 Å². The molecule has 1 amide bonds. The van der Waals surface area contributed by atoms with E-state index in [4.69, 9.17) is 37.6 Å². The molecule has 1 N–H and O–H groups in total. The van der Waals surface area contributed by atoms with Gasteiger partial charge in [-0.25, -0.2) is 9.78 Å². The molecule has 4 heterocycles. The number of nitrogens with one attached hydrogen (secondary N) is 1. The van der Waals surface area contributed by atoms with Gasteiger partial charge in [0.25, 0.3) is 0 Å². The number of benzene rings is 2. The van der Waals surface area contributed by atoms with E-state index in [1.165, 1.54) is 4.57 Å². The highest BCUT2D eigenvalue weighted by atomic mass is 35.5. The zero-order valence-electron chi connectivity index (χ0n) is 20.8. The standard InChI is InChI=1S/C27H24Cl2N6O3S/c28-18-6-5-17(19(29)15-18)16-30-25-24-20(8-14-39-24)31-26(32-25)34-12-10-33(11-13-34)23(36)7-9-35-21-3-1-2-4-22(21)38-27(35)37/h1-6,8,14-15H,7,9-13,16H2,(H,30,31,32). The highest BCUT2D eigenvalue weighted by molar-refractivity contribution is 7.17. The number of carbonyl (C=O) groups excluding carboxylic acids is 1. The zero-order chi connectivity index (χ0) is 26.9. The first-order valence-corrected chi connectivity index (χ1v) is 14.1. The van der Waals surface area contributed by atoms with Crippen molar-refractivity contribution in [3.05, 3.63) is 80.1 Å². The molecule has 39 heavy (non-hydrogen) atoms. The van der Waals surface area contributed by atoms with Crippen molar-refractivity contribution < 1.29 is 9.21 Å². The minimum atomic E-state index is -0.447. The van der Waals surface area contributed by atoms with E-state index in [1.807, 2.05) is 46.7 Å². The van der Waals surface area contributed by atoms with Gasteiger partial charge in [-0.15, -0.1) is 11.3 Å². The van der Waals surface area contributed by atoms with E-state index in [9.17, 15) is 9.59 Å². The van der Waals surface area contributed by atoms with E-state index >= 15 is 0 Å². The molecule has 5 aromatic rings. The monoisotopic (exact) mass is 582 g/mol. The molecule has 6 rings (SSSR count). The topological polar surface area (TPSA) is 96.5 Å². The lowest BCUT2D eigenvalue weighted by atomic mass is 10.2. The van der Waals surface area contributed by atoms with E-state index < -0.39 is 5.76 Å². The molecule has 200 valence electrons. The van der Waals surface area contributed by atoms with E-state index in [0.29, 0.717) is 59.8 Å². The maximum absolute atomic E-state index is 12.9. The van der Waals surface area contributed by atoms with Gasteiger partial charge in [-0.05, 0) is 41.3 Å². The lowest BCUT2D eigenvalue weighted by Gasteiger charge is -2.35. The number of carbonyl (C=O) groups is 1. The van der Waals surface area contributed by atoms with Gasteiger partial charge in [-0.2, -0.15) is 4.98 Å². The lowest BCUT2D eigenvalue weighted by molar-refractivity contribution is -0.131. The average molecular weight is 584 g/mol. The zero-order valence-corrected chi connectivity index (χ0v) is 23.1. The summed E-state index contributed by atoms with van der Waals surface area (Å²) in [5.41, 5.74) is 3.01. The summed E-state index contributed by atoms with van der Waals surface area (Å²) in [6.45, 7) is 3.09. The maximum Gasteiger partial charge on any atom is 0.419 e. The summed E-state index contributed by atoms with van der Waals surface area (Å²) in [7, 11) is 0. The van der Waals surface area contributed by atoms with Crippen LogP contribution in [0.3, 0.4) is 0 Å². The Labute approximate surface area is 237 Å². The van der Waals surface area contributed by atoms with Gasteiger partial charge in [0.1, 0.15) is 5.82 Å². The number of hydrogen-bond donors (Lipinski definition) is 1. The molecular formula is C27H24Cl2N6O3S. The predicted octanol–water partition coefficient (Wildman–Crippen LogP) is 5.26. The summed E-state index contributed by atoms with van der Waals surface area (Å²) in [6.07, 6.45) is 0.224. The van der Waals surface area contributed by atoms with Crippen LogP contribution in [0.15, 0.2) is 63.1 Å². The van der Waals surface area contributed by atoms with Crippen molar-refractivity contribution in [1.29, 1.82) is 0 Å². The second kappa shape index (κ2) is 10.9. The molecule has 0 spiro atoms. The SMILES string of the molecule is O=C(CCn1c(=O)oc2ccccc21)N1CCN(c2nc(NCc3ccc(Cl)cc3Cl)c3sccc3n2)CC1. The van der Waals surface area contributed by atoms with E-state index in [1.54, 1.807) is 23.5 Å². The number of para-hydroxylation sites is 2. The average Bonchev–Trinajstić information content (AvgIpc) is 3.55. The third-order valence-corrected chi connectivity index (χ3v) is 8.29. The number of nitrogens with zero attached hydrogens (tertiary/aromatic N) is 5. The first-order valence-electron chi connectivity index (χ1n) is 12.5. The first kappa shape index (κ1) is 25.7. The number of aryl methyl sites for hydroxylation is 1. The summed E-state index contributed by atoms with van der Waals surface area (Å²) in [6, 6.07) is 14.6. The largest absolute Gasteiger partial charge is 0.419 e. The van der Waals surface area contributed by atoms with Gasteiger partial charge in [-0.1, -0.05) is 41.4 Å². The predicted molar refractivity (Wildman–Crippen MR) is 155 cm³/mol. The van der Waals surface area contributed by atoms with Crippen LogP contribution in [0.1, 0.15) is 12.0 Å². The molecule has 1 saturated heterocycles. The molecule has 0 saturated carbocycles. The molecule has 0 radical (unpaired) electrons. The number of amides is 1. The number of fused-ring (bicyclic) bond motifs is 2. The number of piperazine rings is 1. The van der Waals surface area contributed by atoms with Gasteiger partial charge in [-0.3, -0.25) is 9.36 Å². The van der Waals surface area contributed by atoms with E-state index in [2.05, 4.69) is 10.2 Å². The smallest absolute Gasteiger partial charge is 0.408 e. The molecule has 0 unspecified atom stereocenters. The number of anilines is 2. The molecule has 1 aliphatic heterocycles. The van der Waals surface area contributed by atoms with Crippen molar-refractivity contribution >= 4 is 73.5 Å². The van der Waals surface area contributed by atoms with Gasteiger partial charge in [0.2, 0.25) is 11.9 Å². The fourth-order valence-electron chi connectivity index (χ4n) is 4.70. The van der Waals surface area contributed by atoms with Crippen molar-refractivity contribution in [2.45, 2.75) is 19.5 Å². The molecule has 1 aliphatic rings. The van der Waals surface area contributed by atoms with Gasteiger partial charge in [0.05, 0.1) is 15.7 Å². The third kappa shape index (κ3) is 5.32. The van der Waals surface area contributed by atoms with Crippen molar-refractivity contribution in [3.63, 3.8) is 0 Å².